The zero-order valence-electron chi connectivity index (χ0n) is 16.7. The van der Waals surface area contributed by atoms with Crippen molar-refractivity contribution in [1.82, 2.24) is 14.7 Å². The zero-order chi connectivity index (χ0) is 17.0. The number of likely N-dealkylation sites (tertiary alicyclic amines) is 3. The van der Waals surface area contributed by atoms with Crippen LogP contribution in [0.2, 0.25) is 0 Å². The Hall–Kier alpha value is -0.120. The van der Waals surface area contributed by atoms with Gasteiger partial charge in [-0.15, -0.1) is 0 Å². The van der Waals surface area contributed by atoms with Crippen LogP contribution in [-0.2, 0) is 0 Å². The minimum atomic E-state index is 0.360. The van der Waals surface area contributed by atoms with Gasteiger partial charge in [0.15, 0.2) is 0 Å². The molecule has 2 atom stereocenters. The summed E-state index contributed by atoms with van der Waals surface area (Å²) in [6.07, 6.45) is 2.74. The van der Waals surface area contributed by atoms with Crippen LogP contribution in [-0.4, -0.2) is 71.6 Å². The molecule has 3 aliphatic heterocycles. The highest BCUT2D eigenvalue weighted by Crippen LogP contribution is 2.44. The van der Waals surface area contributed by atoms with Gasteiger partial charge in [-0.1, -0.05) is 20.8 Å². The van der Waals surface area contributed by atoms with Gasteiger partial charge in [-0.2, -0.15) is 0 Å². The van der Waals surface area contributed by atoms with Gasteiger partial charge in [-0.05, 0) is 52.5 Å². The van der Waals surface area contributed by atoms with Crippen molar-refractivity contribution in [1.29, 1.82) is 0 Å². The first-order valence-electron chi connectivity index (χ1n) is 9.71. The lowest BCUT2D eigenvalue weighted by Crippen LogP contribution is -2.76. The van der Waals surface area contributed by atoms with Crippen LogP contribution in [0.1, 0.15) is 61.3 Å². The largest absolute Gasteiger partial charge is 0.300 e. The smallest absolute Gasteiger partial charge is 0.0212 e. The first-order valence-corrected chi connectivity index (χ1v) is 9.71. The normalized spacial score (nSPS) is 33.5. The maximum Gasteiger partial charge on any atom is 0.0212 e. The van der Waals surface area contributed by atoms with Crippen LogP contribution in [0.25, 0.3) is 0 Å². The lowest BCUT2D eigenvalue weighted by molar-refractivity contribution is -0.162. The molecule has 0 saturated carbocycles. The highest BCUT2D eigenvalue weighted by Gasteiger charge is 2.55. The summed E-state index contributed by atoms with van der Waals surface area (Å²) < 4.78 is 0. The quantitative estimate of drug-likeness (QED) is 0.772. The molecule has 0 aromatic heterocycles. The molecule has 3 aliphatic rings. The maximum atomic E-state index is 2.80. The second-order valence-corrected chi connectivity index (χ2v) is 11.0. The van der Waals surface area contributed by atoms with Gasteiger partial charge < -0.3 is 4.90 Å². The van der Waals surface area contributed by atoms with E-state index in [0.29, 0.717) is 16.4 Å². The Morgan fingerprint density at radius 1 is 0.957 bits per heavy atom. The van der Waals surface area contributed by atoms with Gasteiger partial charge in [0.2, 0.25) is 0 Å². The first-order chi connectivity index (χ1) is 10.5. The molecule has 3 nitrogen and oxygen atoms in total. The highest BCUT2D eigenvalue weighted by molar-refractivity contribution is 5.09. The lowest BCUT2D eigenvalue weighted by atomic mass is 9.69. The third kappa shape index (κ3) is 3.77. The summed E-state index contributed by atoms with van der Waals surface area (Å²) in [5, 5.41) is 0. The molecule has 23 heavy (non-hydrogen) atoms. The molecule has 0 aromatic carbocycles. The van der Waals surface area contributed by atoms with E-state index in [4.69, 9.17) is 0 Å². The Labute approximate surface area is 144 Å². The summed E-state index contributed by atoms with van der Waals surface area (Å²) in [5.41, 5.74) is 1.43. The number of hydrogen-bond donors (Lipinski definition) is 0. The predicted octanol–water partition coefficient (Wildman–Crippen LogP) is 3.30. The Morgan fingerprint density at radius 2 is 1.57 bits per heavy atom. The number of rotatable bonds is 2. The average Bonchev–Trinajstić information content (AvgIpc) is 2.25. The summed E-state index contributed by atoms with van der Waals surface area (Å²) in [7, 11) is 0. The molecule has 0 amide bonds. The molecule has 0 aliphatic carbocycles. The van der Waals surface area contributed by atoms with Crippen LogP contribution in [0.15, 0.2) is 0 Å². The molecule has 0 aromatic rings. The first kappa shape index (κ1) is 17.7. The summed E-state index contributed by atoms with van der Waals surface area (Å²) in [6, 6.07) is 1.59. The molecule has 3 heterocycles. The fraction of sp³-hybridized carbons (Fsp3) is 1.00. The van der Waals surface area contributed by atoms with E-state index in [0.717, 1.165) is 12.1 Å². The number of piperidine rings is 1. The molecule has 1 unspecified atom stereocenters. The van der Waals surface area contributed by atoms with Gasteiger partial charge in [0, 0.05) is 55.8 Å². The SMILES string of the molecule is C[C@@H]1CC(N2CC3(C2)CN(C(C)(C)C)C3)CCN1CC(C)(C)C. The third-order valence-corrected chi connectivity index (χ3v) is 6.26. The molecule has 0 N–H and O–H groups in total. The maximum absolute atomic E-state index is 2.80. The predicted molar refractivity (Wildman–Crippen MR) is 98.8 cm³/mol. The van der Waals surface area contributed by atoms with Crippen LogP contribution >= 0.6 is 0 Å². The minimum absolute atomic E-state index is 0.360. The van der Waals surface area contributed by atoms with E-state index in [-0.39, 0.29) is 0 Å². The van der Waals surface area contributed by atoms with Crippen LogP contribution < -0.4 is 0 Å². The standard InChI is InChI=1S/C20H39N3/c1-16-10-17(8-9-21(16)11-18(2,3)4)22-12-20(13-22)14-23(15-20)19(5,6)7/h16-17H,8-15H2,1-7H3/t16-,17?/m1/s1. The lowest BCUT2D eigenvalue weighted by Gasteiger charge is -2.65. The molecule has 0 bridgehead atoms. The zero-order valence-corrected chi connectivity index (χ0v) is 16.7. The second kappa shape index (κ2) is 5.71. The number of nitrogens with zero attached hydrogens (tertiary/aromatic N) is 3. The van der Waals surface area contributed by atoms with Crippen LogP contribution in [0.5, 0.6) is 0 Å². The van der Waals surface area contributed by atoms with Crippen molar-refractivity contribution in [3.05, 3.63) is 0 Å². The number of hydrogen-bond acceptors (Lipinski definition) is 3. The topological polar surface area (TPSA) is 9.72 Å². The fourth-order valence-electron chi connectivity index (χ4n) is 4.88. The van der Waals surface area contributed by atoms with Crippen molar-refractivity contribution in [3.63, 3.8) is 0 Å². The molecule has 1 spiro atoms. The van der Waals surface area contributed by atoms with Gasteiger partial charge in [0.05, 0.1) is 0 Å². The van der Waals surface area contributed by atoms with Gasteiger partial charge in [0.25, 0.3) is 0 Å². The van der Waals surface area contributed by atoms with Crippen molar-refractivity contribution in [3.8, 4) is 0 Å². The van der Waals surface area contributed by atoms with E-state index in [1.807, 2.05) is 0 Å². The third-order valence-electron chi connectivity index (χ3n) is 6.26. The van der Waals surface area contributed by atoms with Crippen molar-refractivity contribution < 1.29 is 0 Å². The second-order valence-electron chi connectivity index (χ2n) is 11.0. The van der Waals surface area contributed by atoms with E-state index in [1.54, 1.807) is 0 Å². The van der Waals surface area contributed by atoms with Gasteiger partial charge >= 0.3 is 0 Å². The summed E-state index contributed by atoms with van der Waals surface area (Å²) in [5.74, 6) is 0. The Bertz CT molecular complexity index is 417. The Morgan fingerprint density at radius 3 is 2.04 bits per heavy atom. The summed E-state index contributed by atoms with van der Waals surface area (Å²) in [4.78, 5) is 8.17. The van der Waals surface area contributed by atoms with E-state index < -0.39 is 0 Å². The molecule has 134 valence electrons. The molecule has 3 saturated heterocycles. The van der Waals surface area contributed by atoms with Crippen molar-refractivity contribution in [2.24, 2.45) is 10.8 Å². The average molecular weight is 322 g/mol. The van der Waals surface area contributed by atoms with E-state index in [1.165, 1.54) is 52.1 Å². The Kier molecular flexibility index (Phi) is 4.39. The van der Waals surface area contributed by atoms with Crippen LogP contribution in [0.4, 0.5) is 0 Å². The van der Waals surface area contributed by atoms with Crippen molar-refractivity contribution >= 4 is 0 Å². The van der Waals surface area contributed by atoms with Crippen molar-refractivity contribution in [2.45, 2.75) is 78.9 Å². The van der Waals surface area contributed by atoms with E-state index >= 15 is 0 Å². The summed E-state index contributed by atoms with van der Waals surface area (Å²) in [6.45, 7) is 24.5. The molecular weight excluding hydrogens is 282 g/mol. The van der Waals surface area contributed by atoms with Crippen molar-refractivity contribution in [2.75, 3.05) is 39.3 Å². The fourth-order valence-corrected chi connectivity index (χ4v) is 4.88. The molecule has 3 fully saturated rings. The minimum Gasteiger partial charge on any atom is -0.300 e. The van der Waals surface area contributed by atoms with Gasteiger partial charge in [0.1, 0.15) is 0 Å². The molecule has 3 heteroatoms. The summed E-state index contributed by atoms with van der Waals surface area (Å²) >= 11 is 0. The monoisotopic (exact) mass is 321 g/mol. The van der Waals surface area contributed by atoms with Crippen LogP contribution in [0, 0.1) is 10.8 Å². The molecule has 0 radical (unpaired) electrons. The van der Waals surface area contributed by atoms with Gasteiger partial charge in [-0.3, -0.25) is 9.80 Å². The highest BCUT2D eigenvalue weighted by atomic mass is 15.4. The van der Waals surface area contributed by atoms with E-state index in [9.17, 15) is 0 Å². The van der Waals surface area contributed by atoms with E-state index in [2.05, 4.69) is 63.2 Å². The molecule has 3 rings (SSSR count). The van der Waals surface area contributed by atoms with Gasteiger partial charge in [-0.25, -0.2) is 0 Å². The Balaban J connectivity index is 1.44. The van der Waals surface area contributed by atoms with Crippen LogP contribution in [0.3, 0.4) is 0 Å². The molecular formula is C20H39N3.